The molecule has 1 aliphatic carbocycles. The van der Waals surface area contributed by atoms with Crippen LogP contribution in [0.25, 0.3) is 0 Å². The normalized spacial score (nSPS) is 18.8. The highest BCUT2D eigenvalue weighted by Crippen LogP contribution is 2.38. The second-order valence-corrected chi connectivity index (χ2v) is 6.56. The van der Waals surface area contributed by atoms with Crippen LogP contribution in [-0.4, -0.2) is 14.7 Å². The summed E-state index contributed by atoms with van der Waals surface area (Å²) >= 11 is 1.35. The fourth-order valence-electron chi connectivity index (χ4n) is 1.87. The molecule has 0 aromatic carbocycles. The van der Waals surface area contributed by atoms with Crippen molar-refractivity contribution in [3.63, 3.8) is 0 Å². The predicted octanol–water partition coefficient (Wildman–Crippen LogP) is 3.06. The maximum absolute atomic E-state index is 10.2. The zero-order chi connectivity index (χ0) is 11.8. The van der Waals surface area contributed by atoms with Crippen molar-refractivity contribution in [2.45, 2.75) is 58.0 Å². The van der Waals surface area contributed by atoms with Gasteiger partial charge in [0.1, 0.15) is 0 Å². The van der Waals surface area contributed by atoms with Gasteiger partial charge in [-0.05, 0) is 30.3 Å². The highest BCUT2D eigenvalue weighted by atomic mass is 32.1. The molecule has 2 rings (SSSR count). The fourth-order valence-corrected chi connectivity index (χ4v) is 2.75. The predicted molar refractivity (Wildman–Crippen MR) is 65.5 cm³/mol. The van der Waals surface area contributed by atoms with Gasteiger partial charge in [0, 0.05) is 5.41 Å². The van der Waals surface area contributed by atoms with Crippen molar-refractivity contribution in [3.8, 4) is 0 Å². The minimum absolute atomic E-state index is 0.0249. The summed E-state index contributed by atoms with van der Waals surface area (Å²) in [7, 11) is 0. The van der Waals surface area contributed by atoms with Crippen LogP contribution in [-0.2, 0) is 5.41 Å². The second-order valence-electron chi connectivity index (χ2n) is 5.77. The molecular weight excluding hydrogens is 220 g/mol. The molecule has 16 heavy (non-hydrogen) atoms. The maximum atomic E-state index is 10.2. The van der Waals surface area contributed by atoms with E-state index in [-0.39, 0.29) is 11.5 Å². The zero-order valence-electron chi connectivity index (χ0n) is 10.2. The van der Waals surface area contributed by atoms with E-state index in [4.69, 9.17) is 0 Å². The Hall–Kier alpha value is -0.480. The fraction of sp³-hybridized carbons (Fsp3) is 0.833. The van der Waals surface area contributed by atoms with Crippen molar-refractivity contribution in [3.05, 3.63) is 10.6 Å². The third-order valence-corrected chi connectivity index (χ3v) is 3.90. The van der Waals surface area contributed by atoms with Gasteiger partial charge >= 0.3 is 0 Å². The van der Waals surface area contributed by atoms with Gasteiger partial charge in [-0.15, -0.1) is 5.10 Å². The molecular formula is C12H20N2OS. The summed E-state index contributed by atoms with van der Waals surface area (Å²) in [6.07, 6.45) is 4.33. The van der Waals surface area contributed by atoms with Gasteiger partial charge in [-0.25, -0.2) is 0 Å². The van der Waals surface area contributed by atoms with Crippen LogP contribution in [0.5, 0.6) is 0 Å². The van der Waals surface area contributed by atoms with Gasteiger partial charge < -0.3 is 5.11 Å². The molecule has 0 saturated heterocycles. The van der Waals surface area contributed by atoms with Crippen molar-refractivity contribution >= 4 is 11.5 Å². The standard InChI is InChI=1S/C12H20N2OS/c1-12(2,3)11-10(16-14-13-11)9(15)7-6-8-4-5-8/h8-9,15H,4-7H2,1-3H3. The number of aliphatic hydroxyl groups is 1. The molecule has 1 aromatic rings. The Kier molecular flexibility index (Phi) is 3.31. The van der Waals surface area contributed by atoms with Crippen LogP contribution in [0.4, 0.5) is 0 Å². The molecule has 90 valence electrons. The summed E-state index contributed by atoms with van der Waals surface area (Å²) in [5.41, 5.74) is 0.934. The zero-order valence-corrected chi connectivity index (χ0v) is 11.0. The van der Waals surface area contributed by atoms with Gasteiger partial charge in [-0.2, -0.15) is 0 Å². The van der Waals surface area contributed by atoms with Crippen molar-refractivity contribution in [1.82, 2.24) is 9.59 Å². The van der Waals surface area contributed by atoms with Gasteiger partial charge in [0.05, 0.1) is 16.7 Å². The van der Waals surface area contributed by atoms with Crippen LogP contribution in [0, 0.1) is 5.92 Å². The molecule has 0 spiro atoms. The molecule has 1 unspecified atom stereocenters. The van der Waals surface area contributed by atoms with Crippen LogP contribution in [0.15, 0.2) is 0 Å². The first kappa shape index (κ1) is 12.0. The van der Waals surface area contributed by atoms with Crippen LogP contribution in [0.2, 0.25) is 0 Å². The number of rotatable bonds is 4. The van der Waals surface area contributed by atoms with E-state index in [1.807, 2.05) is 0 Å². The Bertz CT molecular complexity index is 352. The lowest BCUT2D eigenvalue weighted by Crippen LogP contribution is -2.15. The van der Waals surface area contributed by atoms with E-state index in [1.165, 1.54) is 24.4 Å². The highest BCUT2D eigenvalue weighted by Gasteiger charge is 2.28. The third kappa shape index (κ3) is 2.80. The lowest BCUT2D eigenvalue weighted by molar-refractivity contribution is 0.163. The quantitative estimate of drug-likeness (QED) is 0.879. The van der Waals surface area contributed by atoms with Crippen molar-refractivity contribution in [1.29, 1.82) is 0 Å². The molecule has 0 amide bonds. The molecule has 1 fully saturated rings. The molecule has 1 N–H and O–H groups in total. The third-order valence-electron chi connectivity index (χ3n) is 3.07. The monoisotopic (exact) mass is 240 g/mol. The number of aromatic nitrogens is 2. The highest BCUT2D eigenvalue weighted by molar-refractivity contribution is 7.05. The summed E-state index contributed by atoms with van der Waals surface area (Å²) in [5.74, 6) is 0.869. The molecule has 0 aliphatic heterocycles. The SMILES string of the molecule is CC(C)(C)c1nnsc1C(O)CCC1CC1. The van der Waals surface area contributed by atoms with Gasteiger partial charge in [-0.1, -0.05) is 38.1 Å². The van der Waals surface area contributed by atoms with Crippen molar-refractivity contribution in [2.24, 2.45) is 5.92 Å². The Labute approximate surface area is 101 Å². The molecule has 0 bridgehead atoms. The van der Waals surface area contributed by atoms with E-state index in [2.05, 4.69) is 30.4 Å². The molecule has 1 atom stereocenters. The lowest BCUT2D eigenvalue weighted by atomic mass is 9.90. The number of aliphatic hydroxyl groups excluding tert-OH is 1. The van der Waals surface area contributed by atoms with Crippen LogP contribution < -0.4 is 0 Å². The Balaban J connectivity index is 2.03. The summed E-state index contributed by atoms with van der Waals surface area (Å²) in [6, 6.07) is 0. The summed E-state index contributed by atoms with van der Waals surface area (Å²) < 4.78 is 3.98. The summed E-state index contributed by atoms with van der Waals surface area (Å²) in [4.78, 5) is 0.966. The molecule has 1 saturated carbocycles. The molecule has 0 radical (unpaired) electrons. The Morgan fingerprint density at radius 1 is 1.44 bits per heavy atom. The smallest absolute Gasteiger partial charge is 0.0917 e. The summed E-state index contributed by atoms with van der Waals surface area (Å²) in [5, 5.41) is 14.3. The molecule has 1 aliphatic rings. The van der Waals surface area contributed by atoms with E-state index >= 15 is 0 Å². The minimum atomic E-state index is -0.366. The molecule has 3 nitrogen and oxygen atoms in total. The lowest BCUT2D eigenvalue weighted by Gasteiger charge is -2.18. The first-order valence-corrected chi connectivity index (χ1v) is 6.76. The topological polar surface area (TPSA) is 46.0 Å². The first-order valence-electron chi connectivity index (χ1n) is 5.99. The Morgan fingerprint density at radius 2 is 2.12 bits per heavy atom. The molecule has 1 heterocycles. The summed E-state index contributed by atoms with van der Waals surface area (Å²) in [6.45, 7) is 6.34. The molecule has 4 heteroatoms. The van der Waals surface area contributed by atoms with Gasteiger partial charge in [-0.3, -0.25) is 0 Å². The van der Waals surface area contributed by atoms with E-state index in [0.29, 0.717) is 0 Å². The van der Waals surface area contributed by atoms with E-state index in [1.54, 1.807) is 0 Å². The first-order chi connectivity index (χ1) is 7.48. The minimum Gasteiger partial charge on any atom is -0.387 e. The van der Waals surface area contributed by atoms with E-state index in [9.17, 15) is 5.11 Å². The largest absolute Gasteiger partial charge is 0.387 e. The van der Waals surface area contributed by atoms with E-state index < -0.39 is 0 Å². The van der Waals surface area contributed by atoms with E-state index in [0.717, 1.165) is 29.3 Å². The van der Waals surface area contributed by atoms with Gasteiger partial charge in [0.15, 0.2) is 0 Å². The average Bonchev–Trinajstić information content (AvgIpc) is 2.86. The Morgan fingerprint density at radius 3 is 2.69 bits per heavy atom. The second kappa shape index (κ2) is 4.41. The van der Waals surface area contributed by atoms with Gasteiger partial charge in [0.25, 0.3) is 0 Å². The van der Waals surface area contributed by atoms with Crippen molar-refractivity contribution < 1.29 is 5.11 Å². The molecule has 1 aromatic heterocycles. The maximum Gasteiger partial charge on any atom is 0.0917 e. The number of hydrogen-bond acceptors (Lipinski definition) is 4. The van der Waals surface area contributed by atoms with Crippen LogP contribution in [0.3, 0.4) is 0 Å². The number of nitrogens with zero attached hydrogens (tertiary/aromatic N) is 2. The van der Waals surface area contributed by atoms with Crippen molar-refractivity contribution in [2.75, 3.05) is 0 Å². The van der Waals surface area contributed by atoms with Crippen LogP contribution in [0.1, 0.15) is 63.1 Å². The number of hydrogen-bond donors (Lipinski definition) is 1. The van der Waals surface area contributed by atoms with Gasteiger partial charge in [0.2, 0.25) is 0 Å². The van der Waals surface area contributed by atoms with Crippen LogP contribution >= 0.6 is 11.5 Å². The average molecular weight is 240 g/mol.